The molecule has 0 aliphatic carbocycles. The summed E-state index contributed by atoms with van der Waals surface area (Å²) in [4.78, 5) is 15.0. The number of ether oxygens (including phenoxy) is 1. The van der Waals surface area contributed by atoms with Crippen LogP contribution in [0.1, 0.15) is 44.7 Å². The molecule has 1 atom stereocenters. The summed E-state index contributed by atoms with van der Waals surface area (Å²) in [6.07, 6.45) is 4.12. The van der Waals surface area contributed by atoms with Gasteiger partial charge in [0.05, 0.1) is 17.6 Å². The van der Waals surface area contributed by atoms with E-state index in [0.29, 0.717) is 15.8 Å². The van der Waals surface area contributed by atoms with Gasteiger partial charge in [-0.3, -0.25) is 9.69 Å². The van der Waals surface area contributed by atoms with E-state index in [0.717, 1.165) is 25.0 Å². The van der Waals surface area contributed by atoms with Gasteiger partial charge in [0.15, 0.2) is 0 Å². The number of rotatable bonds is 3. The zero-order chi connectivity index (χ0) is 17.3. The van der Waals surface area contributed by atoms with Crippen molar-refractivity contribution in [3.05, 3.63) is 40.3 Å². The molecule has 1 amide bonds. The first-order valence-electron chi connectivity index (χ1n) is 8.32. The standard InChI is InChI=1S/C19H23NO2S2/c1-19(2,3)14-8-6-13(7-9-14)11-16-17(21)20(18(23)24-16)12-15-5-4-10-22-15/h6-9,11,15H,4-5,10,12H2,1-3H3/b16-11-/t15-/m1/s1. The monoisotopic (exact) mass is 361 g/mol. The number of thiocarbonyl (C=S) groups is 1. The molecule has 2 fully saturated rings. The minimum Gasteiger partial charge on any atom is -0.376 e. The smallest absolute Gasteiger partial charge is 0.266 e. The Morgan fingerprint density at radius 3 is 2.62 bits per heavy atom. The summed E-state index contributed by atoms with van der Waals surface area (Å²) in [6, 6.07) is 8.37. The third-order valence-corrected chi connectivity index (χ3v) is 5.74. The van der Waals surface area contributed by atoms with Gasteiger partial charge < -0.3 is 4.74 Å². The molecule has 2 heterocycles. The van der Waals surface area contributed by atoms with E-state index in [1.165, 1.54) is 17.3 Å². The number of carbonyl (C=O) groups excluding carboxylic acids is 1. The van der Waals surface area contributed by atoms with Crippen LogP contribution in [0.15, 0.2) is 29.2 Å². The molecule has 2 aliphatic heterocycles. The molecule has 0 spiro atoms. The highest BCUT2D eigenvalue weighted by molar-refractivity contribution is 8.26. The Morgan fingerprint density at radius 1 is 1.33 bits per heavy atom. The highest BCUT2D eigenvalue weighted by Gasteiger charge is 2.34. The van der Waals surface area contributed by atoms with Gasteiger partial charge in [0.1, 0.15) is 4.32 Å². The number of hydrogen-bond donors (Lipinski definition) is 0. The highest BCUT2D eigenvalue weighted by Crippen LogP contribution is 2.33. The van der Waals surface area contributed by atoms with E-state index in [4.69, 9.17) is 17.0 Å². The van der Waals surface area contributed by atoms with Crippen molar-refractivity contribution < 1.29 is 9.53 Å². The predicted octanol–water partition coefficient (Wildman–Crippen LogP) is 4.36. The van der Waals surface area contributed by atoms with E-state index in [9.17, 15) is 4.79 Å². The normalized spacial score (nSPS) is 23.5. The Morgan fingerprint density at radius 2 is 2.04 bits per heavy atom. The lowest BCUT2D eigenvalue weighted by molar-refractivity contribution is -0.123. The minimum absolute atomic E-state index is 0.000368. The number of carbonyl (C=O) groups is 1. The lowest BCUT2D eigenvalue weighted by atomic mass is 9.87. The van der Waals surface area contributed by atoms with Crippen molar-refractivity contribution in [3.8, 4) is 0 Å². The molecule has 5 heteroatoms. The van der Waals surface area contributed by atoms with Crippen molar-refractivity contribution in [1.82, 2.24) is 4.90 Å². The fourth-order valence-corrected chi connectivity index (χ4v) is 4.16. The number of nitrogens with zero attached hydrogens (tertiary/aromatic N) is 1. The number of thioether (sulfide) groups is 1. The number of amides is 1. The first-order valence-corrected chi connectivity index (χ1v) is 9.54. The van der Waals surface area contributed by atoms with Gasteiger partial charge >= 0.3 is 0 Å². The molecule has 0 radical (unpaired) electrons. The Labute approximate surface area is 153 Å². The van der Waals surface area contributed by atoms with Crippen LogP contribution >= 0.6 is 24.0 Å². The van der Waals surface area contributed by atoms with E-state index < -0.39 is 0 Å². The van der Waals surface area contributed by atoms with Crippen molar-refractivity contribution in [2.45, 2.75) is 45.1 Å². The van der Waals surface area contributed by atoms with Gasteiger partial charge in [0.25, 0.3) is 5.91 Å². The van der Waals surface area contributed by atoms with E-state index in [1.54, 1.807) is 4.90 Å². The van der Waals surface area contributed by atoms with Crippen LogP contribution in [0.25, 0.3) is 6.08 Å². The van der Waals surface area contributed by atoms with E-state index in [2.05, 4.69) is 45.0 Å². The second kappa shape index (κ2) is 6.98. The topological polar surface area (TPSA) is 29.5 Å². The molecule has 0 bridgehead atoms. The third-order valence-electron chi connectivity index (χ3n) is 4.36. The zero-order valence-corrected chi connectivity index (χ0v) is 16.0. The summed E-state index contributed by atoms with van der Waals surface area (Å²) in [5, 5.41) is 0. The summed E-state index contributed by atoms with van der Waals surface area (Å²) < 4.78 is 6.26. The lowest BCUT2D eigenvalue weighted by Gasteiger charge is -2.19. The molecule has 3 nitrogen and oxygen atoms in total. The van der Waals surface area contributed by atoms with Crippen LogP contribution in [0.3, 0.4) is 0 Å². The molecular weight excluding hydrogens is 338 g/mol. The summed E-state index contributed by atoms with van der Waals surface area (Å²) in [5.74, 6) is 0.000368. The second-order valence-corrected chi connectivity index (χ2v) is 8.98. The van der Waals surface area contributed by atoms with Crippen LogP contribution < -0.4 is 0 Å². The van der Waals surface area contributed by atoms with Gasteiger partial charge in [-0.1, -0.05) is 69.0 Å². The fourth-order valence-electron chi connectivity index (χ4n) is 2.88. The molecule has 0 aromatic heterocycles. The maximum Gasteiger partial charge on any atom is 0.266 e. The number of benzene rings is 1. The van der Waals surface area contributed by atoms with Gasteiger partial charge in [-0.05, 0) is 35.5 Å². The first kappa shape index (κ1) is 17.6. The molecule has 0 unspecified atom stereocenters. The largest absolute Gasteiger partial charge is 0.376 e. The molecule has 128 valence electrons. The van der Waals surface area contributed by atoms with Gasteiger partial charge in [-0.25, -0.2) is 0 Å². The fraction of sp³-hybridized carbons (Fsp3) is 0.474. The minimum atomic E-state index is 0.000368. The van der Waals surface area contributed by atoms with Crippen LogP contribution in [0.2, 0.25) is 0 Å². The van der Waals surface area contributed by atoms with Crippen LogP contribution in [0, 0.1) is 0 Å². The van der Waals surface area contributed by atoms with Crippen LogP contribution in [-0.2, 0) is 14.9 Å². The molecule has 0 N–H and O–H groups in total. The number of hydrogen-bond acceptors (Lipinski definition) is 4. The summed E-state index contributed by atoms with van der Waals surface area (Å²) in [5.41, 5.74) is 2.44. The Kier molecular flexibility index (Phi) is 5.13. The third kappa shape index (κ3) is 3.90. The lowest BCUT2D eigenvalue weighted by Crippen LogP contribution is -2.35. The van der Waals surface area contributed by atoms with Crippen LogP contribution in [0.4, 0.5) is 0 Å². The molecule has 24 heavy (non-hydrogen) atoms. The molecule has 0 saturated carbocycles. The van der Waals surface area contributed by atoms with Crippen molar-refractivity contribution in [1.29, 1.82) is 0 Å². The predicted molar refractivity (Wildman–Crippen MR) is 104 cm³/mol. The quantitative estimate of drug-likeness (QED) is 0.591. The highest BCUT2D eigenvalue weighted by atomic mass is 32.2. The van der Waals surface area contributed by atoms with Crippen molar-refractivity contribution in [2.24, 2.45) is 0 Å². The van der Waals surface area contributed by atoms with Crippen LogP contribution in [0.5, 0.6) is 0 Å². The summed E-state index contributed by atoms with van der Waals surface area (Å²) >= 11 is 6.77. The van der Waals surface area contributed by atoms with Gasteiger partial charge in [0.2, 0.25) is 0 Å². The first-order chi connectivity index (χ1) is 11.3. The zero-order valence-electron chi connectivity index (χ0n) is 14.4. The Balaban J connectivity index is 1.73. The second-order valence-electron chi connectivity index (χ2n) is 7.30. The van der Waals surface area contributed by atoms with Crippen molar-refractivity contribution >= 4 is 40.3 Å². The Bertz CT molecular complexity index is 668. The molecule has 1 aromatic carbocycles. The summed E-state index contributed by atoms with van der Waals surface area (Å²) in [7, 11) is 0. The molecular formula is C19H23NO2S2. The van der Waals surface area contributed by atoms with E-state index >= 15 is 0 Å². The molecule has 1 aromatic rings. The molecule has 2 aliphatic rings. The van der Waals surface area contributed by atoms with Gasteiger partial charge in [-0.2, -0.15) is 0 Å². The van der Waals surface area contributed by atoms with Gasteiger partial charge in [-0.15, -0.1) is 0 Å². The maximum atomic E-state index is 12.6. The average Bonchev–Trinajstić information content (AvgIpc) is 3.12. The Hall–Kier alpha value is -1.17. The van der Waals surface area contributed by atoms with Crippen molar-refractivity contribution in [2.75, 3.05) is 13.2 Å². The van der Waals surface area contributed by atoms with Crippen LogP contribution in [-0.4, -0.2) is 34.4 Å². The van der Waals surface area contributed by atoms with Gasteiger partial charge in [0, 0.05) is 6.61 Å². The van der Waals surface area contributed by atoms with E-state index in [-0.39, 0.29) is 17.4 Å². The summed E-state index contributed by atoms with van der Waals surface area (Å²) in [6.45, 7) is 7.94. The maximum absolute atomic E-state index is 12.6. The average molecular weight is 362 g/mol. The molecule has 3 rings (SSSR count). The SMILES string of the molecule is CC(C)(C)c1ccc(/C=C2\SC(=S)N(C[C@H]3CCCO3)C2=O)cc1. The molecule has 2 saturated heterocycles. The van der Waals surface area contributed by atoms with E-state index in [1.807, 2.05) is 6.08 Å². The van der Waals surface area contributed by atoms with Crippen molar-refractivity contribution in [3.63, 3.8) is 0 Å².